The van der Waals surface area contributed by atoms with Crippen LogP contribution in [0.15, 0.2) is 60.7 Å². The van der Waals surface area contributed by atoms with Gasteiger partial charge in [-0.25, -0.2) is 0 Å². The molecule has 0 unspecified atom stereocenters. The smallest absolute Gasteiger partial charge is 0.255 e. The van der Waals surface area contributed by atoms with Gasteiger partial charge in [0.05, 0.1) is 5.69 Å². The number of hydrogen-bond donors (Lipinski definition) is 2. The highest BCUT2D eigenvalue weighted by Crippen LogP contribution is 2.30. The standard InChI is InChI=1S/C28H30ClN3O3.ClH/c1-19-7-8-21(17-24(19)29)26(34)18-22-5-3-6-25(33)27(22)30-28(35)20-9-11-23(12-10-20)32-14-4-13-31(2)15-16-32;/h3,5-12,17,33H,4,13-16,18H2,1-2H3,(H,30,35);1H. The number of para-hydroxylation sites is 1. The second-order valence-corrected chi connectivity index (χ2v) is 9.43. The van der Waals surface area contributed by atoms with Crippen molar-refractivity contribution in [2.24, 2.45) is 0 Å². The highest BCUT2D eigenvalue weighted by molar-refractivity contribution is 6.31. The molecule has 1 amide bonds. The molecule has 0 bridgehead atoms. The Morgan fingerprint density at radius 2 is 1.69 bits per heavy atom. The van der Waals surface area contributed by atoms with Crippen molar-refractivity contribution in [2.45, 2.75) is 19.8 Å². The summed E-state index contributed by atoms with van der Waals surface area (Å²) in [5.41, 5.74) is 3.71. The predicted molar refractivity (Wildman–Crippen MR) is 148 cm³/mol. The monoisotopic (exact) mass is 527 g/mol. The number of hydrogen-bond acceptors (Lipinski definition) is 5. The van der Waals surface area contributed by atoms with E-state index >= 15 is 0 Å². The lowest BCUT2D eigenvalue weighted by Gasteiger charge is -2.23. The SMILES string of the molecule is Cc1ccc(C(=O)Cc2cccc(O)c2NC(=O)c2ccc(N3CCCN(C)CC3)cc2)cc1Cl.Cl. The summed E-state index contributed by atoms with van der Waals surface area (Å²) in [6.07, 6.45) is 1.12. The zero-order chi connectivity index (χ0) is 24.9. The fourth-order valence-corrected chi connectivity index (χ4v) is 4.41. The zero-order valence-corrected chi connectivity index (χ0v) is 22.0. The number of amides is 1. The van der Waals surface area contributed by atoms with Gasteiger partial charge in [0.25, 0.3) is 5.91 Å². The Morgan fingerprint density at radius 1 is 0.972 bits per heavy atom. The molecular formula is C28H31Cl2N3O3. The number of anilines is 2. The molecule has 1 saturated heterocycles. The first-order valence-electron chi connectivity index (χ1n) is 11.8. The topological polar surface area (TPSA) is 72.9 Å². The van der Waals surface area contributed by atoms with E-state index in [9.17, 15) is 14.7 Å². The molecule has 4 rings (SSSR count). The van der Waals surface area contributed by atoms with Gasteiger partial charge < -0.3 is 20.2 Å². The Hall–Kier alpha value is -3.06. The average molecular weight is 528 g/mol. The number of carbonyl (C=O) groups excluding carboxylic acids is 2. The Balaban J connectivity index is 0.00000361. The van der Waals surface area contributed by atoms with E-state index in [1.807, 2.05) is 19.1 Å². The molecule has 0 spiro atoms. The number of Topliss-reactive ketones (excluding diaryl/α,β-unsaturated/α-hetero) is 1. The third-order valence-corrected chi connectivity index (χ3v) is 6.83. The van der Waals surface area contributed by atoms with Crippen molar-refractivity contribution in [2.75, 3.05) is 43.4 Å². The first-order chi connectivity index (χ1) is 16.8. The number of likely N-dealkylation sites (N-methyl/N-ethyl adjacent to an activating group) is 1. The minimum absolute atomic E-state index is 0. The van der Waals surface area contributed by atoms with Crippen molar-refractivity contribution in [3.63, 3.8) is 0 Å². The molecule has 8 heteroatoms. The van der Waals surface area contributed by atoms with Gasteiger partial charge in [0.2, 0.25) is 0 Å². The summed E-state index contributed by atoms with van der Waals surface area (Å²) < 4.78 is 0. The van der Waals surface area contributed by atoms with E-state index in [4.69, 9.17) is 11.6 Å². The van der Waals surface area contributed by atoms with Gasteiger partial charge in [0, 0.05) is 47.9 Å². The fraction of sp³-hybridized carbons (Fsp3) is 0.286. The predicted octanol–water partition coefficient (Wildman–Crippen LogP) is 5.60. The lowest BCUT2D eigenvalue weighted by Crippen LogP contribution is -2.28. The number of nitrogens with one attached hydrogen (secondary N) is 1. The van der Waals surface area contributed by atoms with Gasteiger partial charge in [-0.15, -0.1) is 12.4 Å². The summed E-state index contributed by atoms with van der Waals surface area (Å²) in [6.45, 7) is 5.89. The highest BCUT2D eigenvalue weighted by Gasteiger charge is 2.18. The van der Waals surface area contributed by atoms with Gasteiger partial charge in [0.1, 0.15) is 5.75 Å². The van der Waals surface area contributed by atoms with Gasteiger partial charge in [-0.3, -0.25) is 9.59 Å². The Labute approximate surface area is 223 Å². The van der Waals surface area contributed by atoms with Crippen LogP contribution in [0, 0.1) is 6.92 Å². The molecule has 1 aliphatic rings. The molecule has 0 saturated carbocycles. The minimum atomic E-state index is -0.347. The molecule has 190 valence electrons. The third kappa shape index (κ3) is 6.58. The molecule has 3 aromatic carbocycles. The van der Waals surface area contributed by atoms with Crippen LogP contribution in [0.5, 0.6) is 5.75 Å². The summed E-state index contributed by atoms with van der Waals surface area (Å²) in [6, 6.07) is 17.5. The van der Waals surface area contributed by atoms with Crippen LogP contribution in [0.1, 0.15) is 38.3 Å². The van der Waals surface area contributed by atoms with Crippen molar-refractivity contribution in [3.05, 3.63) is 87.9 Å². The summed E-state index contributed by atoms with van der Waals surface area (Å²) >= 11 is 6.17. The number of phenols is 1. The van der Waals surface area contributed by atoms with E-state index in [0.29, 0.717) is 21.7 Å². The number of carbonyl (C=O) groups is 2. The molecule has 1 aliphatic heterocycles. The van der Waals surface area contributed by atoms with E-state index in [1.54, 1.807) is 42.5 Å². The van der Waals surface area contributed by atoms with Gasteiger partial charge in [-0.05, 0) is 74.5 Å². The van der Waals surface area contributed by atoms with Crippen molar-refractivity contribution >= 4 is 47.1 Å². The molecule has 0 aliphatic carbocycles. The molecule has 36 heavy (non-hydrogen) atoms. The number of benzene rings is 3. The van der Waals surface area contributed by atoms with E-state index in [-0.39, 0.29) is 42.0 Å². The maximum absolute atomic E-state index is 13.0. The summed E-state index contributed by atoms with van der Waals surface area (Å²) in [4.78, 5) is 30.5. The number of rotatable bonds is 6. The van der Waals surface area contributed by atoms with Gasteiger partial charge in [-0.2, -0.15) is 0 Å². The summed E-state index contributed by atoms with van der Waals surface area (Å²) in [7, 11) is 2.13. The molecule has 2 N–H and O–H groups in total. The van der Waals surface area contributed by atoms with Crippen molar-refractivity contribution in [1.29, 1.82) is 0 Å². The van der Waals surface area contributed by atoms with Gasteiger partial charge >= 0.3 is 0 Å². The first-order valence-corrected chi connectivity index (χ1v) is 12.1. The Kier molecular flexibility index (Phi) is 9.37. The van der Waals surface area contributed by atoms with Crippen LogP contribution in [0.2, 0.25) is 5.02 Å². The molecule has 1 heterocycles. The molecule has 3 aromatic rings. The van der Waals surface area contributed by atoms with Crippen molar-refractivity contribution in [3.8, 4) is 5.75 Å². The quantitative estimate of drug-likeness (QED) is 0.322. The van der Waals surface area contributed by atoms with Gasteiger partial charge in [0.15, 0.2) is 5.78 Å². The van der Waals surface area contributed by atoms with Crippen molar-refractivity contribution in [1.82, 2.24) is 4.90 Å². The van der Waals surface area contributed by atoms with E-state index in [0.717, 1.165) is 43.9 Å². The normalized spacial score (nSPS) is 14.0. The molecular weight excluding hydrogens is 497 g/mol. The van der Waals surface area contributed by atoms with Crippen molar-refractivity contribution < 1.29 is 14.7 Å². The molecule has 0 atom stereocenters. The van der Waals surface area contributed by atoms with Crippen LogP contribution in [0.4, 0.5) is 11.4 Å². The number of phenolic OH excluding ortho intramolecular Hbond substituents is 1. The van der Waals surface area contributed by atoms with Crippen LogP contribution < -0.4 is 10.2 Å². The van der Waals surface area contributed by atoms with Gasteiger partial charge in [-0.1, -0.05) is 35.9 Å². The van der Waals surface area contributed by atoms with E-state index in [2.05, 4.69) is 22.2 Å². The Bertz CT molecular complexity index is 1230. The second kappa shape index (κ2) is 12.3. The molecule has 0 radical (unpaired) electrons. The highest BCUT2D eigenvalue weighted by atomic mass is 35.5. The number of ketones is 1. The lowest BCUT2D eigenvalue weighted by molar-refractivity contribution is 0.0989. The third-order valence-electron chi connectivity index (χ3n) is 6.43. The molecule has 6 nitrogen and oxygen atoms in total. The fourth-order valence-electron chi connectivity index (χ4n) is 4.23. The van der Waals surface area contributed by atoms with E-state index < -0.39 is 0 Å². The van der Waals surface area contributed by atoms with Crippen LogP contribution in [0.3, 0.4) is 0 Å². The van der Waals surface area contributed by atoms with Crippen LogP contribution >= 0.6 is 24.0 Å². The largest absolute Gasteiger partial charge is 0.506 e. The number of halogens is 2. The zero-order valence-electron chi connectivity index (χ0n) is 20.5. The van der Waals surface area contributed by atoms with Crippen LogP contribution in [-0.4, -0.2) is 54.9 Å². The number of aryl methyl sites for hydroxylation is 1. The van der Waals surface area contributed by atoms with E-state index in [1.165, 1.54) is 6.07 Å². The Morgan fingerprint density at radius 3 is 2.42 bits per heavy atom. The summed E-state index contributed by atoms with van der Waals surface area (Å²) in [5.74, 6) is -0.586. The number of nitrogens with zero attached hydrogens (tertiary/aromatic N) is 2. The lowest BCUT2D eigenvalue weighted by atomic mass is 10.00. The summed E-state index contributed by atoms with van der Waals surface area (Å²) in [5, 5.41) is 13.8. The van der Waals surface area contributed by atoms with Crippen LogP contribution in [-0.2, 0) is 6.42 Å². The number of aromatic hydroxyl groups is 1. The average Bonchev–Trinajstić information content (AvgIpc) is 3.07. The molecule has 0 aromatic heterocycles. The first kappa shape index (κ1) is 27.5. The maximum atomic E-state index is 13.0. The second-order valence-electron chi connectivity index (χ2n) is 9.02. The maximum Gasteiger partial charge on any atom is 0.255 e. The minimum Gasteiger partial charge on any atom is -0.506 e. The van der Waals surface area contributed by atoms with Crippen LogP contribution in [0.25, 0.3) is 0 Å². The molecule has 1 fully saturated rings.